The minimum Gasteiger partial charge on any atom is -0.395 e. The number of carbonyl (C=O) groups excluding carboxylic acids is 1. The molecule has 0 bridgehead atoms. The van der Waals surface area contributed by atoms with Crippen molar-refractivity contribution in [1.82, 2.24) is 20.3 Å². The summed E-state index contributed by atoms with van der Waals surface area (Å²) in [5, 5.41) is 18.2. The summed E-state index contributed by atoms with van der Waals surface area (Å²) in [5.74, 6) is 1.37. The van der Waals surface area contributed by atoms with E-state index in [-0.39, 0.29) is 12.5 Å². The van der Waals surface area contributed by atoms with Gasteiger partial charge >= 0.3 is 0 Å². The number of carbonyl (C=O) groups is 1. The molecule has 1 aliphatic rings. The van der Waals surface area contributed by atoms with E-state index in [1.807, 2.05) is 12.1 Å². The molecule has 3 rings (SSSR count). The van der Waals surface area contributed by atoms with Crippen molar-refractivity contribution in [2.75, 3.05) is 81.3 Å². The van der Waals surface area contributed by atoms with Crippen molar-refractivity contribution in [3.63, 3.8) is 0 Å². The van der Waals surface area contributed by atoms with Crippen molar-refractivity contribution < 1.29 is 19.4 Å². The van der Waals surface area contributed by atoms with Gasteiger partial charge in [-0.1, -0.05) is 12.1 Å². The van der Waals surface area contributed by atoms with Crippen LogP contribution >= 0.6 is 0 Å². The SMILES string of the molecule is NCCOCCOCCNC(=O)c1ccc(CNc2nc(NCCO)nc(N3CCCCC3)n2)cc1. The standard InChI is InChI=1S/C24H38N8O4/c25-8-14-35-16-17-36-15-10-26-21(34)20-6-4-19(5-7-20)18-28-23-29-22(27-9-13-33)30-24(31-23)32-11-2-1-3-12-32/h4-7,33H,1-3,8-18,25H2,(H,26,34)(H2,27,28,29,30,31). The topological polar surface area (TPSA) is 160 Å². The zero-order chi connectivity index (χ0) is 25.4. The quantitative estimate of drug-likeness (QED) is 0.205. The van der Waals surface area contributed by atoms with Gasteiger partial charge in [-0.25, -0.2) is 0 Å². The molecular weight excluding hydrogens is 464 g/mol. The van der Waals surface area contributed by atoms with Gasteiger partial charge in [0, 0.05) is 44.8 Å². The zero-order valence-corrected chi connectivity index (χ0v) is 20.7. The summed E-state index contributed by atoms with van der Waals surface area (Å²) in [6, 6.07) is 7.36. The number of benzene rings is 1. The van der Waals surface area contributed by atoms with Crippen molar-refractivity contribution in [1.29, 1.82) is 0 Å². The highest BCUT2D eigenvalue weighted by Gasteiger charge is 2.16. The van der Waals surface area contributed by atoms with E-state index >= 15 is 0 Å². The average Bonchev–Trinajstić information content (AvgIpc) is 2.92. The van der Waals surface area contributed by atoms with Gasteiger partial charge in [-0.15, -0.1) is 0 Å². The van der Waals surface area contributed by atoms with E-state index in [0.29, 0.717) is 76.0 Å². The Hall–Kier alpha value is -3.06. The second kappa shape index (κ2) is 15.8. The zero-order valence-electron chi connectivity index (χ0n) is 20.7. The lowest BCUT2D eigenvalue weighted by Crippen LogP contribution is -2.31. The van der Waals surface area contributed by atoms with Crippen LogP contribution in [-0.4, -0.2) is 91.7 Å². The Morgan fingerprint density at radius 2 is 1.61 bits per heavy atom. The van der Waals surface area contributed by atoms with E-state index in [0.717, 1.165) is 31.5 Å². The van der Waals surface area contributed by atoms with E-state index < -0.39 is 0 Å². The first-order chi connectivity index (χ1) is 17.7. The van der Waals surface area contributed by atoms with Gasteiger partial charge in [0.1, 0.15) is 0 Å². The average molecular weight is 503 g/mol. The van der Waals surface area contributed by atoms with E-state index in [9.17, 15) is 4.79 Å². The lowest BCUT2D eigenvalue weighted by molar-refractivity contribution is 0.0511. The largest absolute Gasteiger partial charge is 0.395 e. The Morgan fingerprint density at radius 1 is 0.917 bits per heavy atom. The highest BCUT2D eigenvalue weighted by molar-refractivity contribution is 5.94. The monoisotopic (exact) mass is 502 g/mol. The molecule has 0 spiro atoms. The number of aliphatic hydroxyl groups excluding tert-OH is 1. The van der Waals surface area contributed by atoms with Crippen LogP contribution in [0, 0.1) is 0 Å². The molecule has 6 N–H and O–H groups in total. The summed E-state index contributed by atoms with van der Waals surface area (Å²) in [5.41, 5.74) is 6.91. The molecular formula is C24H38N8O4. The maximum absolute atomic E-state index is 12.3. The van der Waals surface area contributed by atoms with E-state index in [4.69, 9.17) is 20.3 Å². The lowest BCUT2D eigenvalue weighted by atomic mass is 10.1. The fourth-order valence-corrected chi connectivity index (χ4v) is 3.63. The smallest absolute Gasteiger partial charge is 0.251 e. The van der Waals surface area contributed by atoms with Gasteiger partial charge in [-0.05, 0) is 37.0 Å². The number of rotatable bonds is 16. The van der Waals surface area contributed by atoms with Crippen molar-refractivity contribution in [2.45, 2.75) is 25.8 Å². The molecule has 12 nitrogen and oxygen atoms in total. The van der Waals surface area contributed by atoms with Crippen LogP contribution < -0.4 is 26.6 Å². The minimum atomic E-state index is -0.152. The molecule has 2 heterocycles. The molecule has 36 heavy (non-hydrogen) atoms. The molecule has 1 aromatic heterocycles. The number of ether oxygens (including phenoxy) is 2. The highest BCUT2D eigenvalue weighted by Crippen LogP contribution is 2.19. The van der Waals surface area contributed by atoms with Gasteiger partial charge in [0.15, 0.2) is 0 Å². The fourth-order valence-electron chi connectivity index (χ4n) is 3.63. The van der Waals surface area contributed by atoms with Crippen LogP contribution in [0.5, 0.6) is 0 Å². The normalized spacial score (nSPS) is 13.4. The maximum atomic E-state index is 12.3. The number of nitrogens with one attached hydrogen (secondary N) is 3. The summed E-state index contributed by atoms with van der Waals surface area (Å²) in [7, 11) is 0. The molecule has 1 amide bonds. The van der Waals surface area contributed by atoms with Gasteiger partial charge in [-0.2, -0.15) is 15.0 Å². The van der Waals surface area contributed by atoms with Gasteiger partial charge in [0.2, 0.25) is 17.8 Å². The number of anilines is 3. The lowest BCUT2D eigenvalue weighted by Gasteiger charge is -2.27. The van der Waals surface area contributed by atoms with Gasteiger partial charge < -0.3 is 41.2 Å². The molecule has 1 aliphatic heterocycles. The number of aromatic nitrogens is 3. The first-order valence-corrected chi connectivity index (χ1v) is 12.5. The summed E-state index contributed by atoms with van der Waals surface area (Å²) in [4.78, 5) is 28.0. The van der Waals surface area contributed by atoms with Crippen LogP contribution in [0.15, 0.2) is 24.3 Å². The Morgan fingerprint density at radius 3 is 2.31 bits per heavy atom. The second-order valence-electron chi connectivity index (χ2n) is 8.30. The molecule has 0 atom stereocenters. The summed E-state index contributed by atoms with van der Waals surface area (Å²) < 4.78 is 10.6. The summed E-state index contributed by atoms with van der Waals surface area (Å²) in [6.07, 6.45) is 3.45. The molecule has 0 unspecified atom stereocenters. The van der Waals surface area contributed by atoms with Crippen molar-refractivity contribution in [3.05, 3.63) is 35.4 Å². The van der Waals surface area contributed by atoms with Crippen LogP contribution in [0.1, 0.15) is 35.2 Å². The van der Waals surface area contributed by atoms with Crippen molar-refractivity contribution in [3.8, 4) is 0 Å². The highest BCUT2D eigenvalue weighted by atomic mass is 16.5. The van der Waals surface area contributed by atoms with Crippen molar-refractivity contribution >= 4 is 23.8 Å². The van der Waals surface area contributed by atoms with E-state index in [2.05, 4.69) is 35.8 Å². The third-order valence-corrected chi connectivity index (χ3v) is 5.49. The van der Waals surface area contributed by atoms with Crippen LogP contribution in [0.25, 0.3) is 0 Å². The van der Waals surface area contributed by atoms with Crippen LogP contribution in [0.4, 0.5) is 17.8 Å². The molecule has 198 valence electrons. The molecule has 0 radical (unpaired) electrons. The predicted octanol–water partition coefficient (Wildman–Crippen LogP) is 0.600. The number of nitrogens with zero attached hydrogens (tertiary/aromatic N) is 4. The third kappa shape index (κ3) is 9.53. The Labute approximate surface area is 212 Å². The molecule has 2 aromatic rings. The van der Waals surface area contributed by atoms with Crippen molar-refractivity contribution in [2.24, 2.45) is 5.73 Å². The number of hydrogen-bond donors (Lipinski definition) is 5. The van der Waals surface area contributed by atoms with Gasteiger partial charge in [0.25, 0.3) is 5.91 Å². The Balaban J connectivity index is 1.47. The fraction of sp³-hybridized carbons (Fsp3) is 0.583. The van der Waals surface area contributed by atoms with E-state index in [1.54, 1.807) is 12.1 Å². The first-order valence-electron chi connectivity index (χ1n) is 12.5. The predicted molar refractivity (Wildman–Crippen MR) is 138 cm³/mol. The molecule has 1 aromatic carbocycles. The number of hydrogen-bond acceptors (Lipinski definition) is 11. The van der Waals surface area contributed by atoms with Gasteiger partial charge in [-0.3, -0.25) is 4.79 Å². The van der Waals surface area contributed by atoms with Gasteiger partial charge in [0.05, 0.1) is 33.0 Å². The number of aliphatic hydroxyl groups is 1. The number of piperidine rings is 1. The first kappa shape index (κ1) is 27.5. The summed E-state index contributed by atoms with van der Waals surface area (Å²) in [6.45, 7) is 5.49. The number of amides is 1. The number of nitrogens with two attached hydrogens (primary N) is 1. The third-order valence-electron chi connectivity index (χ3n) is 5.49. The van der Waals surface area contributed by atoms with Crippen LogP contribution in [0.3, 0.4) is 0 Å². The Bertz CT molecular complexity index is 909. The molecule has 12 heteroatoms. The summed E-state index contributed by atoms with van der Waals surface area (Å²) >= 11 is 0. The molecule has 1 saturated heterocycles. The molecule has 0 saturated carbocycles. The maximum Gasteiger partial charge on any atom is 0.251 e. The Kier molecular flexibility index (Phi) is 12.1. The molecule has 1 fully saturated rings. The second-order valence-corrected chi connectivity index (χ2v) is 8.30. The van der Waals surface area contributed by atoms with E-state index in [1.165, 1.54) is 6.42 Å². The minimum absolute atomic E-state index is 0.00929. The van der Waals surface area contributed by atoms with Crippen LogP contribution in [-0.2, 0) is 16.0 Å². The van der Waals surface area contributed by atoms with Crippen LogP contribution in [0.2, 0.25) is 0 Å². The molecule has 0 aliphatic carbocycles.